The molecule has 0 saturated carbocycles. The van der Waals surface area contributed by atoms with Crippen LogP contribution in [0.4, 0.5) is 0 Å². The molecule has 2 rings (SSSR count). The van der Waals surface area contributed by atoms with Crippen molar-refractivity contribution in [1.82, 2.24) is 25.4 Å². The minimum atomic E-state index is -3.62. The molecule has 0 bridgehead atoms. The zero-order chi connectivity index (χ0) is 13.7. The SMILES string of the molecule is CCNCc1cn[nH]c1S(=O)(=O)NN1CCOCC1. The highest BCUT2D eigenvalue weighted by molar-refractivity contribution is 7.89. The lowest BCUT2D eigenvalue weighted by Crippen LogP contribution is -2.48. The first-order valence-electron chi connectivity index (χ1n) is 6.21. The van der Waals surface area contributed by atoms with Gasteiger partial charge in [-0.2, -0.15) is 5.10 Å². The molecule has 1 fully saturated rings. The van der Waals surface area contributed by atoms with E-state index in [1.54, 1.807) is 5.01 Å². The molecule has 1 aliphatic heterocycles. The zero-order valence-electron chi connectivity index (χ0n) is 10.8. The molecule has 1 saturated heterocycles. The van der Waals surface area contributed by atoms with Crippen LogP contribution in [0, 0.1) is 0 Å². The normalized spacial score (nSPS) is 17.7. The summed E-state index contributed by atoms with van der Waals surface area (Å²) in [5.74, 6) is 0. The van der Waals surface area contributed by atoms with E-state index in [-0.39, 0.29) is 5.03 Å². The van der Waals surface area contributed by atoms with E-state index >= 15 is 0 Å². The number of H-pyrrole nitrogens is 1. The predicted octanol–water partition coefficient (Wildman–Crippen LogP) is -0.955. The first kappa shape index (κ1) is 14.4. The fraction of sp³-hybridized carbons (Fsp3) is 0.700. The molecule has 1 aromatic heterocycles. The van der Waals surface area contributed by atoms with Gasteiger partial charge in [-0.05, 0) is 6.54 Å². The van der Waals surface area contributed by atoms with Crippen molar-refractivity contribution in [2.24, 2.45) is 0 Å². The molecule has 0 unspecified atom stereocenters. The van der Waals surface area contributed by atoms with Crippen molar-refractivity contribution in [3.05, 3.63) is 11.8 Å². The maximum Gasteiger partial charge on any atom is 0.270 e. The van der Waals surface area contributed by atoms with Gasteiger partial charge in [0.1, 0.15) is 0 Å². The molecule has 0 aromatic carbocycles. The Bertz CT molecular complexity index is 495. The van der Waals surface area contributed by atoms with Crippen molar-refractivity contribution in [2.75, 3.05) is 32.8 Å². The number of morpholine rings is 1. The third kappa shape index (κ3) is 3.74. The average molecular weight is 289 g/mol. The summed E-state index contributed by atoms with van der Waals surface area (Å²) in [4.78, 5) is 2.54. The Morgan fingerprint density at radius 2 is 2.21 bits per heavy atom. The molecule has 19 heavy (non-hydrogen) atoms. The molecule has 0 radical (unpaired) electrons. The van der Waals surface area contributed by atoms with Crippen LogP contribution in [0.5, 0.6) is 0 Å². The number of hydrogen-bond acceptors (Lipinski definition) is 6. The highest BCUT2D eigenvalue weighted by Crippen LogP contribution is 2.12. The number of aromatic nitrogens is 2. The van der Waals surface area contributed by atoms with Gasteiger partial charge in [-0.25, -0.2) is 13.4 Å². The molecule has 0 amide bonds. The molecule has 2 heterocycles. The number of nitrogens with zero attached hydrogens (tertiary/aromatic N) is 2. The van der Waals surface area contributed by atoms with Crippen molar-refractivity contribution < 1.29 is 13.2 Å². The van der Waals surface area contributed by atoms with E-state index in [2.05, 4.69) is 20.3 Å². The van der Waals surface area contributed by atoms with Crippen LogP contribution in [0.25, 0.3) is 0 Å². The van der Waals surface area contributed by atoms with Gasteiger partial charge in [0.15, 0.2) is 5.03 Å². The molecule has 0 aliphatic carbocycles. The minimum absolute atomic E-state index is 0.111. The summed E-state index contributed by atoms with van der Waals surface area (Å²) >= 11 is 0. The number of hydrogen-bond donors (Lipinski definition) is 3. The monoisotopic (exact) mass is 289 g/mol. The Labute approximate surface area is 112 Å². The molecular formula is C10H19N5O3S. The van der Waals surface area contributed by atoms with Gasteiger partial charge < -0.3 is 10.1 Å². The summed E-state index contributed by atoms with van der Waals surface area (Å²) in [5, 5.41) is 11.2. The number of hydrazine groups is 1. The summed E-state index contributed by atoms with van der Waals surface area (Å²) in [6.45, 7) is 5.31. The summed E-state index contributed by atoms with van der Waals surface area (Å²) in [7, 11) is -3.62. The van der Waals surface area contributed by atoms with Crippen LogP contribution in [-0.2, 0) is 21.3 Å². The molecule has 108 valence electrons. The van der Waals surface area contributed by atoms with Gasteiger partial charge in [-0.3, -0.25) is 5.10 Å². The summed E-state index contributed by atoms with van der Waals surface area (Å²) in [5.41, 5.74) is 0.627. The Morgan fingerprint density at radius 1 is 1.47 bits per heavy atom. The molecule has 1 aliphatic rings. The number of rotatable bonds is 6. The summed E-state index contributed by atoms with van der Waals surface area (Å²) < 4.78 is 29.7. The van der Waals surface area contributed by atoms with Gasteiger partial charge in [0.25, 0.3) is 10.0 Å². The lowest BCUT2D eigenvalue weighted by Gasteiger charge is -2.26. The molecule has 3 N–H and O–H groups in total. The smallest absolute Gasteiger partial charge is 0.270 e. The Hall–Kier alpha value is -1.00. The minimum Gasteiger partial charge on any atom is -0.379 e. The largest absolute Gasteiger partial charge is 0.379 e. The van der Waals surface area contributed by atoms with E-state index in [1.807, 2.05) is 6.92 Å². The van der Waals surface area contributed by atoms with Gasteiger partial charge in [0.05, 0.1) is 19.4 Å². The fourth-order valence-corrected chi connectivity index (χ4v) is 3.04. The second kappa shape index (κ2) is 6.44. The third-order valence-electron chi connectivity index (χ3n) is 2.77. The van der Waals surface area contributed by atoms with Crippen LogP contribution in [0.2, 0.25) is 0 Å². The number of ether oxygens (including phenoxy) is 1. The lowest BCUT2D eigenvalue weighted by molar-refractivity contribution is 0.0272. The van der Waals surface area contributed by atoms with E-state index in [9.17, 15) is 8.42 Å². The summed E-state index contributed by atoms with van der Waals surface area (Å²) in [6.07, 6.45) is 1.52. The van der Waals surface area contributed by atoms with Crippen LogP contribution in [0.1, 0.15) is 12.5 Å². The van der Waals surface area contributed by atoms with Crippen LogP contribution < -0.4 is 10.1 Å². The van der Waals surface area contributed by atoms with Crippen molar-refractivity contribution >= 4 is 10.0 Å². The van der Waals surface area contributed by atoms with Crippen molar-refractivity contribution in [3.63, 3.8) is 0 Å². The molecule has 9 heteroatoms. The average Bonchev–Trinajstić information content (AvgIpc) is 2.86. The van der Waals surface area contributed by atoms with Crippen molar-refractivity contribution in [1.29, 1.82) is 0 Å². The topological polar surface area (TPSA) is 99.3 Å². The standard InChI is InChI=1S/C10H19N5O3S/c1-2-11-7-9-8-12-13-10(9)19(16,17)14-15-3-5-18-6-4-15/h8,11,14H,2-7H2,1H3,(H,12,13). The molecule has 8 nitrogen and oxygen atoms in total. The third-order valence-corrected chi connectivity index (χ3v) is 4.16. The Morgan fingerprint density at radius 3 is 2.89 bits per heavy atom. The molecule has 0 spiro atoms. The lowest BCUT2D eigenvalue weighted by atomic mass is 10.3. The Kier molecular flexibility index (Phi) is 4.88. The van der Waals surface area contributed by atoms with Crippen LogP contribution >= 0.6 is 0 Å². The zero-order valence-corrected chi connectivity index (χ0v) is 11.7. The number of aromatic amines is 1. The quantitative estimate of drug-likeness (QED) is 0.624. The maximum atomic E-state index is 12.3. The number of nitrogens with one attached hydrogen (secondary N) is 3. The van der Waals surface area contributed by atoms with Crippen molar-refractivity contribution in [3.8, 4) is 0 Å². The first-order chi connectivity index (χ1) is 9.13. The van der Waals surface area contributed by atoms with Gasteiger partial charge in [-0.1, -0.05) is 6.92 Å². The highest BCUT2D eigenvalue weighted by Gasteiger charge is 2.24. The van der Waals surface area contributed by atoms with Gasteiger partial charge in [0, 0.05) is 25.2 Å². The van der Waals surface area contributed by atoms with E-state index in [4.69, 9.17) is 4.74 Å². The maximum absolute atomic E-state index is 12.3. The van der Waals surface area contributed by atoms with Gasteiger partial charge in [0.2, 0.25) is 0 Å². The van der Waals surface area contributed by atoms with Crippen LogP contribution in [0.15, 0.2) is 11.2 Å². The van der Waals surface area contributed by atoms with E-state index in [0.29, 0.717) is 38.4 Å². The van der Waals surface area contributed by atoms with E-state index in [1.165, 1.54) is 6.20 Å². The van der Waals surface area contributed by atoms with Gasteiger partial charge in [-0.15, -0.1) is 4.83 Å². The number of sulfonamides is 1. The van der Waals surface area contributed by atoms with E-state index in [0.717, 1.165) is 6.54 Å². The fourth-order valence-electron chi connectivity index (χ4n) is 1.79. The van der Waals surface area contributed by atoms with E-state index < -0.39 is 10.0 Å². The van der Waals surface area contributed by atoms with Crippen molar-refractivity contribution in [2.45, 2.75) is 18.5 Å². The molecule has 1 aromatic rings. The first-order valence-corrected chi connectivity index (χ1v) is 7.70. The molecule has 0 atom stereocenters. The van der Waals surface area contributed by atoms with Crippen LogP contribution in [-0.4, -0.2) is 56.5 Å². The highest BCUT2D eigenvalue weighted by atomic mass is 32.2. The summed E-state index contributed by atoms with van der Waals surface area (Å²) in [6, 6.07) is 0. The molecular weight excluding hydrogens is 270 g/mol. The second-order valence-corrected chi connectivity index (χ2v) is 5.80. The second-order valence-electron chi connectivity index (χ2n) is 4.20. The Balaban J connectivity index is 2.08. The van der Waals surface area contributed by atoms with Gasteiger partial charge >= 0.3 is 0 Å². The predicted molar refractivity (Wildman–Crippen MR) is 68.7 cm³/mol. The van der Waals surface area contributed by atoms with Crippen LogP contribution in [0.3, 0.4) is 0 Å².